The number of hydrogen-bond acceptors (Lipinski definition) is 3. The number of benzene rings is 3. The molecular formula is C29H38N2O2. The highest BCUT2D eigenvalue weighted by Crippen LogP contribution is 2.30. The summed E-state index contributed by atoms with van der Waals surface area (Å²) >= 11 is 0. The third-order valence-electron chi connectivity index (χ3n) is 5.91. The van der Waals surface area contributed by atoms with Crippen molar-refractivity contribution in [3.05, 3.63) is 77.9 Å². The quantitative estimate of drug-likeness (QED) is 0.421. The van der Waals surface area contributed by atoms with Gasteiger partial charge in [-0.15, -0.1) is 0 Å². The highest BCUT2D eigenvalue weighted by atomic mass is 16.5. The number of hydrogen-bond donors (Lipinski definition) is 1. The zero-order valence-electron chi connectivity index (χ0n) is 20.7. The maximum absolute atomic E-state index is 13.9. The third-order valence-corrected chi connectivity index (χ3v) is 5.91. The molecule has 0 aromatic heterocycles. The third kappa shape index (κ3) is 7.06. The van der Waals surface area contributed by atoms with E-state index in [9.17, 15) is 4.79 Å². The van der Waals surface area contributed by atoms with Gasteiger partial charge in [-0.1, -0.05) is 89.2 Å². The first-order chi connectivity index (χ1) is 15.6. The first-order valence-corrected chi connectivity index (χ1v) is 11.8. The van der Waals surface area contributed by atoms with Crippen molar-refractivity contribution in [3.8, 4) is 5.75 Å². The molecule has 2 N–H and O–H groups in total. The van der Waals surface area contributed by atoms with E-state index in [2.05, 4.69) is 34.6 Å². The molecule has 0 heterocycles. The molecular weight excluding hydrogens is 408 g/mol. The van der Waals surface area contributed by atoms with Crippen molar-refractivity contribution in [2.45, 2.75) is 47.6 Å². The summed E-state index contributed by atoms with van der Waals surface area (Å²) in [5.74, 6) is 0.614. The summed E-state index contributed by atoms with van der Waals surface area (Å²) in [5, 5.41) is 2.09. The fourth-order valence-corrected chi connectivity index (χ4v) is 3.72. The first-order valence-electron chi connectivity index (χ1n) is 11.8. The topological polar surface area (TPSA) is 55.6 Å². The maximum atomic E-state index is 13.9. The predicted octanol–water partition coefficient (Wildman–Crippen LogP) is 6.28. The van der Waals surface area contributed by atoms with Crippen LogP contribution in [0.3, 0.4) is 0 Å². The molecule has 0 aliphatic rings. The monoisotopic (exact) mass is 446 g/mol. The Morgan fingerprint density at radius 3 is 2.12 bits per heavy atom. The van der Waals surface area contributed by atoms with Crippen LogP contribution in [0.1, 0.15) is 57.0 Å². The van der Waals surface area contributed by atoms with E-state index in [-0.39, 0.29) is 16.7 Å². The van der Waals surface area contributed by atoms with Crippen LogP contribution in [0.2, 0.25) is 0 Å². The van der Waals surface area contributed by atoms with Crippen molar-refractivity contribution in [1.82, 2.24) is 4.90 Å². The minimum atomic E-state index is -0.171. The number of nitrogens with two attached hydrogens (primary N) is 1. The molecule has 0 spiro atoms. The van der Waals surface area contributed by atoms with Crippen molar-refractivity contribution in [3.63, 3.8) is 0 Å². The molecule has 1 amide bonds. The summed E-state index contributed by atoms with van der Waals surface area (Å²) in [4.78, 5) is 15.9. The minimum absolute atomic E-state index is 0.00501. The van der Waals surface area contributed by atoms with Gasteiger partial charge in [0.05, 0.1) is 5.56 Å². The Morgan fingerprint density at radius 1 is 0.909 bits per heavy atom. The van der Waals surface area contributed by atoms with E-state index in [1.807, 2.05) is 71.6 Å². The number of carbonyl (C=O) groups excluding carboxylic acids is 1. The Morgan fingerprint density at radius 2 is 1.52 bits per heavy atom. The highest BCUT2D eigenvalue weighted by molar-refractivity contribution is 6.01. The number of ether oxygens (including phenoxy) is 1. The maximum Gasteiger partial charge on any atom is 0.257 e. The van der Waals surface area contributed by atoms with Crippen LogP contribution in [0.4, 0.5) is 0 Å². The van der Waals surface area contributed by atoms with Crippen LogP contribution in [0.5, 0.6) is 5.75 Å². The molecule has 0 atom stereocenters. The van der Waals surface area contributed by atoms with E-state index in [1.54, 1.807) is 0 Å². The summed E-state index contributed by atoms with van der Waals surface area (Å²) < 4.78 is 6.23. The van der Waals surface area contributed by atoms with Crippen LogP contribution in [-0.4, -0.2) is 30.4 Å². The molecule has 0 aliphatic carbocycles. The number of amides is 1. The molecule has 0 saturated heterocycles. The lowest BCUT2D eigenvalue weighted by atomic mass is 9.89. The summed E-state index contributed by atoms with van der Waals surface area (Å²) in [6.07, 6.45) is 0.910. The fourth-order valence-electron chi connectivity index (χ4n) is 3.72. The molecule has 0 fully saturated rings. The SMILES string of the molecule is CC(C)(C)CCN(CC(C)(C)CN)C(=O)c1cc2ccccc2cc1OCc1ccccc1. The van der Waals surface area contributed by atoms with Crippen molar-refractivity contribution in [2.24, 2.45) is 16.6 Å². The van der Waals surface area contributed by atoms with Gasteiger partial charge in [0.1, 0.15) is 12.4 Å². The number of rotatable bonds is 9. The van der Waals surface area contributed by atoms with Crippen LogP contribution < -0.4 is 10.5 Å². The van der Waals surface area contributed by atoms with Crippen LogP contribution in [0.25, 0.3) is 10.8 Å². The summed E-state index contributed by atoms with van der Waals surface area (Å²) in [5.41, 5.74) is 7.65. The van der Waals surface area contributed by atoms with Crippen LogP contribution >= 0.6 is 0 Å². The van der Waals surface area contributed by atoms with E-state index in [0.29, 0.717) is 37.6 Å². The molecule has 0 bridgehead atoms. The van der Waals surface area contributed by atoms with Crippen LogP contribution in [-0.2, 0) is 6.61 Å². The fraction of sp³-hybridized carbons (Fsp3) is 0.414. The molecule has 33 heavy (non-hydrogen) atoms. The minimum Gasteiger partial charge on any atom is -0.488 e. The van der Waals surface area contributed by atoms with Gasteiger partial charge >= 0.3 is 0 Å². The first kappa shape index (κ1) is 24.8. The molecule has 3 aromatic carbocycles. The van der Waals surface area contributed by atoms with Crippen molar-refractivity contribution in [2.75, 3.05) is 19.6 Å². The Labute approximate surface area is 198 Å². The van der Waals surface area contributed by atoms with Gasteiger partial charge in [0.15, 0.2) is 0 Å². The molecule has 4 heteroatoms. The molecule has 3 rings (SSSR count). The lowest BCUT2D eigenvalue weighted by Gasteiger charge is -2.34. The Balaban J connectivity index is 1.98. The molecule has 176 valence electrons. The van der Waals surface area contributed by atoms with Gasteiger partial charge in [-0.3, -0.25) is 4.79 Å². The lowest BCUT2D eigenvalue weighted by Crippen LogP contribution is -2.43. The second-order valence-corrected chi connectivity index (χ2v) is 10.9. The molecule has 4 nitrogen and oxygen atoms in total. The second kappa shape index (κ2) is 10.4. The molecule has 3 aromatic rings. The second-order valence-electron chi connectivity index (χ2n) is 10.9. The van der Waals surface area contributed by atoms with E-state index < -0.39 is 0 Å². The van der Waals surface area contributed by atoms with Gasteiger partial charge in [-0.2, -0.15) is 0 Å². The Kier molecular flexibility index (Phi) is 7.80. The zero-order valence-corrected chi connectivity index (χ0v) is 20.7. The lowest BCUT2D eigenvalue weighted by molar-refractivity contribution is 0.0662. The number of carbonyl (C=O) groups is 1. The predicted molar refractivity (Wildman–Crippen MR) is 138 cm³/mol. The van der Waals surface area contributed by atoms with Gasteiger partial charge in [0.2, 0.25) is 0 Å². The van der Waals surface area contributed by atoms with Crippen molar-refractivity contribution < 1.29 is 9.53 Å². The largest absolute Gasteiger partial charge is 0.488 e. The van der Waals surface area contributed by atoms with Crippen LogP contribution in [0, 0.1) is 10.8 Å². The van der Waals surface area contributed by atoms with Crippen molar-refractivity contribution in [1.29, 1.82) is 0 Å². The molecule has 0 radical (unpaired) electrons. The van der Waals surface area contributed by atoms with Gasteiger partial charge in [0.25, 0.3) is 5.91 Å². The standard InChI is InChI=1S/C29H38N2O2/c1-28(2,3)15-16-31(21-29(4,5)20-30)27(32)25-17-23-13-9-10-14-24(23)18-26(25)33-19-22-11-7-6-8-12-22/h6-14,17-18H,15-16,19-21,30H2,1-5H3. The molecule has 0 aliphatic heterocycles. The van der Waals surface area contributed by atoms with Gasteiger partial charge in [0, 0.05) is 13.1 Å². The smallest absolute Gasteiger partial charge is 0.257 e. The van der Waals surface area contributed by atoms with E-state index in [0.717, 1.165) is 22.8 Å². The van der Waals surface area contributed by atoms with Gasteiger partial charge in [-0.05, 0) is 52.3 Å². The Hall–Kier alpha value is -2.85. The average Bonchev–Trinajstić information content (AvgIpc) is 2.79. The molecule has 0 unspecified atom stereocenters. The Bertz CT molecular complexity index is 1070. The van der Waals surface area contributed by atoms with E-state index >= 15 is 0 Å². The molecule has 0 saturated carbocycles. The van der Waals surface area contributed by atoms with Crippen molar-refractivity contribution >= 4 is 16.7 Å². The highest BCUT2D eigenvalue weighted by Gasteiger charge is 2.28. The summed E-state index contributed by atoms with van der Waals surface area (Å²) in [7, 11) is 0. The van der Waals surface area contributed by atoms with E-state index in [4.69, 9.17) is 10.5 Å². The average molecular weight is 447 g/mol. The summed E-state index contributed by atoms with van der Waals surface area (Å²) in [6, 6.07) is 22.1. The summed E-state index contributed by atoms with van der Waals surface area (Å²) in [6.45, 7) is 13.0. The van der Waals surface area contributed by atoms with Gasteiger partial charge in [-0.25, -0.2) is 0 Å². The number of fused-ring (bicyclic) bond motifs is 1. The van der Waals surface area contributed by atoms with Crippen LogP contribution in [0.15, 0.2) is 66.7 Å². The zero-order chi connectivity index (χ0) is 24.1. The number of nitrogens with zero attached hydrogens (tertiary/aromatic N) is 1. The van der Waals surface area contributed by atoms with Gasteiger partial charge < -0.3 is 15.4 Å². The normalized spacial score (nSPS) is 12.1. The van der Waals surface area contributed by atoms with E-state index in [1.165, 1.54) is 0 Å².